The lowest BCUT2D eigenvalue weighted by Gasteiger charge is -2.23. The highest BCUT2D eigenvalue weighted by atomic mass is 79.9. The van der Waals surface area contributed by atoms with Gasteiger partial charge in [0, 0.05) is 6.20 Å². The van der Waals surface area contributed by atoms with Gasteiger partial charge in [-0.3, -0.25) is 0 Å². The van der Waals surface area contributed by atoms with E-state index in [0.717, 1.165) is 29.8 Å². The Kier molecular flexibility index (Phi) is 2.87. The zero-order valence-corrected chi connectivity index (χ0v) is 8.53. The van der Waals surface area contributed by atoms with Crippen LogP contribution in [0, 0.1) is 0 Å². The van der Waals surface area contributed by atoms with Crippen LogP contribution in [0.3, 0.4) is 0 Å². The molecule has 0 amide bonds. The zero-order valence-electron chi connectivity index (χ0n) is 6.94. The molecule has 2 heterocycles. The molecule has 5 heteroatoms. The summed E-state index contributed by atoms with van der Waals surface area (Å²) in [5.41, 5.74) is 0.849. The molecule has 0 aliphatic carbocycles. The topological polar surface area (TPSA) is 44.2 Å². The summed E-state index contributed by atoms with van der Waals surface area (Å²) in [5.74, 6) is 0. The Morgan fingerprint density at radius 1 is 1.38 bits per heavy atom. The van der Waals surface area contributed by atoms with Crippen LogP contribution in [0.5, 0.6) is 0 Å². The van der Waals surface area contributed by atoms with E-state index in [1.165, 1.54) is 6.33 Å². The molecule has 0 radical (unpaired) electrons. The third-order valence-corrected chi connectivity index (χ3v) is 2.43. The summed E-state index contributed by atoms with van der Waals surface area (Å²) in [6.07, 6.45) is 3.81. The lowest BCUT2D eigenvalue weighted by molar-refractivity contribution is -0.183. The summed E-state index contributed by atoms with van der Waals surface area (Å²) >= 11 is 3.32. The minimum Gasteiger partial charge on any atom is -0.348 e. The van der Waals surface area contributed by atoms with Gasteiger partial charge in [-0.15, -0.1) is 0 Å². The number of hydrogen-bond donors (Lipinski definition) is 0. The molecule has 0 atom stereocenters. The van der Waals surface area contributed by atoms with Crippen molar-refractivity contribution >= 4 is 15.9 Å². The first kappa shape index (κ1) is 9.05. The molecule has 0 saturated carbocycles. The van der Waals surface area contributed by atoms with E-state index in [-0.39, 0.29) is 6.29 Å². The van der Waals surface area contributed by atoms with E-state index in [0.29, 0.717) is 0 Å². The molecule has 0 bridgehead atoms. The highest BCUT2D eigenvalue weighted by molar-refractivity contribution is 9.10. The van der Waals surface area contributed by atoms with E-state index in [1.807, 2.05) is 0 Å². The van der Waals surface area contributed by atoms with Gasteiger partial charge in [0.15, 0.2) is 6.29 Å². The Balaban J connectivity index is 2.18. The van der Waals surface area contributed by atoms with Gasteiger partial charge in [-0.1, -0.05) is 0 Å². The van der Waals surface area contributed by atoms with Crippen molar-refractivity contribution < 1.29 is 9.47 Å². The maximum Gasteiger partial charge on any atom is 0.187 e. The average molecular weight is 245 g/mol. The van der Waals surface area contributed by atoms with Gasteiger partial charge in [-0.05, 0) is 22.4 Å². The molecule has 70 valence electrons. The van der Waals surface area contributed by atoms with Crippen molar-refractivity contribution in [3.8, 4) is 0 Å². The van der Waals surface area contributed by atoms with Crippen molar-refractivity contribution in [1.29, 1.82) is 0 Å². The number of hydrogen-bond acceptors (Lipinski definition) is 4. The first-order valence-electron chi connectivity index (χ1n) is 4.06. The summed E-state index contributed by atoms with van der Waals surface area (Å²) in [7, 11) is 0. The Morgan fingerprint density at radius 3 is 2.85 bits per heavy atom. The summed E-state index contributed by atoms with van der Waals surface area (Å²) < 4.78 is 11.6. The lowest BCUT2D eigenvalue weighted by atomic mass is 10.3. The smallest absolute Gasteiger partial charge is 0.187 e. The van der Waals surface area contributed by atoms with Gasteiger partial charge in [0.25, 0.3) is 0 Å². The highest BCUT2D eigenvalue weighted by Crippen LogP contribution is 2.26. The molecule has 0 unspecified atom stereocenters. The minimum atomic E-state index is -0.315. The Morgan fingerprint density at radius 2 is 2.15 bits per heavy atom. The monoisotopic (exact) mass is 244 g/mol. The highest BCUT2D eigenvalue weighted by Gasteiger charge is 2.19. The first-order chi connectivity index (χ1) is 6.38. The molecular formula is C8H9BrN2O2. The van der Waals surface area contributed by atoms with Gasteiger partial charge in [0.05, 0.1) is 18.8 Å². The van der Waals surface area contributed by atoms with E-state index in [2.05, 4.69) is 25.9 Å². The van der Waals surface area contributed by atoms with Gasteiger partial charge < -0.3 is 9.47 Å². The van der Waals surface area contributed by atoms with Crippen LogP contribution in [0.25, 0.3) is 0 Å². The number of aromatic nitrogens is 2. The van der Waals surface area contributed by atoms with E-state index < -0.39 is 0 Å². The SMILES string of the molecule is Brc1ncncc1C1OCCCO1. The molecule has 2 rings (SSSR count). The van der Waals surface area contributed by atoms with Crippen LogP contribution in [0.2, 0.25) is 0 Å². The lowest BCUT2D eigenvalue weighted by Crippen LogP contribution is -2.18. The fraction of sp³-hybridized carbons (Fsp3) is 0.500. The summed E-state index contributed by atoms with van der Waals surface area (Å²) in [4.78, 5) is 7.92. The predicted octanol–water partition coefficient (Wildman–Crippen LogP) is 1.67. The van der Waals surface area contributed by atoms with Crippen molar-refractivity contribution in [3.63, 3.8) is 0 Å². The standard InChI is InChI=1S/C8H9BrN2O2/c9-7-6(4-10-5-11-7)8-12-2-1-3-13-8/h4-5,8H,1-3H2. The van der Waals surface area contributed by atoms with Crippen molar-refractivity contribution in [2.75, 3.05) is 13.2 Å². The van der Waals surface area contributed by atoms with Crippen LogP contribution in [0.4, 0.5) is 0 Å². The van der Waals surface area contributed by atoms with Crippen molar-refractivity contribution in [2.24, 2.45) is 0 Å². The summed E-state index contributed by atoms with van der Waals surface area (Å²) in [6.45, 7) is 1.46. The largest absolute Gasteiger partial charge is 0.348 e. The Labute approximate surface area is 84.4 Å². The Hall–Kier alpha value is -0.520. The Bertz CT molecular complexity index is 289. The number of rotatable bonds is 1. The summed E-state index contributed by atoms with van der Waals surface area (Å²) in [6, 6.07) is 0. The molecule has 1 saturated heterocycles. The van der Waals surface area contributed by atoms with Gasteiger partial charge in [-0.2, -0.15) is 0 Å². The van der Waals surface area contributed by atoms with E-state index in [9.17, 15) is 0 Å². The van der Waals surface area contributed by atoms with Crippen molar-refractivity contribution in [1.82, 2.24) is 9.97 Å². The van der Waals surface area contributed by atoms with Gasteiger partial charge in [0.1, 0.15) is 10.9 Å². The molecule has 4 nitrogen and oxygen atoms in total. The van der Waals surface area contributed by atoms with Gasteiger partial charge >= 0.3 is 0 Å². The molecule has 1 aromatic heterocycles. The maximum absolute atomic E-state index is 5.41. The van der Waals surface area contributed by atoms with E-state index in [4.69, 9.17) is 9.47 Å². The molecule has 0 spiro atoms. The van der Waals surface area contributed by atoms with Crippen LogP contribution in [0.15, 0.2) is 17.1 Å². The fourth-order valence-electron chi connectivity index (χ4n) is 1.15. The van der Waals surface area contributed by atoms with Crippen LogP contribution in [-0.2, 0) is 9.47 Å². The predicted molar refractivity (Wildman–Crippen MR) is 49.0 cm³/mol. The van der Waals surface area contributed by atoms with Gasteiger partial charge in [-0.25, -0.2) is 9.97 Å². The van der Waals surface area contributed by atoms with Crippen molar-refractivity contribution in [2.45, 2.75) is 12.7 Å². The van der Waals surface area contributed by atoms with Crippen LogP contribution >= 0.6 is 15.9 Å². The first-order valence-corrected chi connectivity index (χ1v) is 4.86. The molecule has 13 heavy (non-hydrogen) atoms. The van der Waals surface area contributed by atoms with Crippen LogP contribution in [0.1, 0.15) is 18.3 Å². The minimum absolute atomic E-state index is 0.315. The van der Waals surface area contributed by atoms with Gasteiger partial charge in [0.2, 0.25) is 0 Å². The molecular weight excluding hydrogens is 236 g/mol. The fourth-order valence-corrected chi connectivity index (χ4v) is 1.53. The molecule has 1 aromatic rings. The van der Waals surface area contributed by atoms with Crippen molar-refractivity contribution in [3.05, 3.63) is 22.7 Å². The zero-order chi connectivity index (χ0) is 9.10. The second kappa shape index (κ2) is 4.13. The quantitative estimate of drug-likeness (QED) is 0.706. The normalized spacial score (nSPS) is 18.8. The third kappa shape index (κ3) is 2.04. The molecule has 0 N–H and O–H groups in total. The molecule has 0 aromatic carbocycles. The van der Waals surface area contributed by atoms with E-state index in [1.54, 1.807) is 6.20 Å². The molecule has 1 aliphatic heterocycles. The maximum atomic E-state index is 5.41. The summed E-state index contributed by atoms with van der Waals surface area (Å²) in [5, 5.41) is 0. The molecule has 1 fully saturated rings. The number of ether oxygens (including phenoxy) is 2. The van der Waals surface area contributed by atoms with Crippen LogP contribution in [-0.4, -0.2) is 23.2 Å². The van der Waals surface area contributed by atoms with E-state index >= 15 is 0 Å². The van der Waals surface area contributed by atoms with Crippen LogP contribution < -0.4 is 0 Å². The third-order valence-electron chi connectivity index (χ3n) is 1.77. The second-order valence-corrected chi connectivity index (χ2v) is 3.45. The number of nitrogens with zero attached hydrogens (tertiary/aromatic N) is 2. The second-order valence-electron chi connectivity index (χ2n) is 2.70. The number of halogens is 1. The average Bonchev–Trinajstić information content (AvgIpc) is 2.20. The molecule has 1 aliphatic rings.